The van der Waals surface area contributed by atoms with E-state index >= 15 is 0 Å². The second-order valence-corrected chi connectivity index (χ2v) is 4.84. The maximum Gasteiger partial charge on any atom is 0.125 e. The highest BCUT2D eigenvalue weighted by Gasteiger charge is 2.13. The first-order valence-corrected chi connectivity index (χ1v) is 6.69. The van der Waals surface area contributed by atoms with Crippen LogP contribution < -0.4 is 10.5 Å². The predicted molar refractivity (Wildman–Crippen MR) is 79.4 cm³/mol. The van der Waals surface area contributed by atoms with Crippen molar-refractivity contribution < 1.29 is 4.74 Å². The molecular formula is C17H21NO. The molecule has 19 heavy (non-hydrogen) atoms. The van der Waals surface area contributed by atoms with Crippen LogP contribution in [0, 0.1) is 13.8 Å². The van der Waals surface area contributed by atoms with Crippen molar-refractivity contribution in [3.8, 4) is 5.75 Å². The van der Waals surface area contributed by atoms with Gasteiger partial charge >= 0.3 is 0 Å². The van der Waals surface area contributed by atoms with E-state index in [9.17, 15) is 0 Å². The Morgan fingerprint density at radius 1 is 1.00 bits per heavy atom. The quantitative estimate of drug-likeness (QED) is 0.882. The van der Waals surface area contributed by atoms with Crippen molar-refractivity contribution in [2.45, 2.75) is 26.4 Å². The van der Waals surface area contributed by atoms with E-state index in [0.29, 0.717) is 6.54 Å². The number of benzene rings is 2. The number of aryl methyl sites for hydroxylation is 2. The van der Waals surface area contributed by atoms with Gasteiger partial charge in [-0.05, 0) is 49.2 Å². The molecule has 2 aromatic carbocycles. The Morgan fingerprint density at radius 3 is 2.37 bits per heavy atom. The Labute approximate surface area is 115 Å². The zero-order valence-electron chi connectivity index (χ0n) is 11.6. The molecule has 0 amide bonds. The highest BCUT2D eigenvalue weighted by atomic mass is 16.5. The van der Waals surface area contributed by atoms with Gasteiger partial charge < -0.3 is 10.5 Å². The summed E-state index contributed by atoms with van der Waals surface area (Å²) in [6.07, 6.45) is 0.837. The topological polar surface area (TPSA) is 35.2 Å². The fourth-order valence-electron chi connectivity index (χ4n) is 2.07. The molecule has 100 valence electrons. The van der Waals surface area contributed by atoms with Crippen LogP contribution in [0.3, 0.4) is 0 Å². The van der Waals surface area contributed by atoms with Gasteiger partial charge in [0.05, 0.1) is 0 Å². The minimum absolute atomic E-state index is 0.0201. The molecule has 0 bridgehead atoms. The molecule has 2 nitrogen and oxygen atoms in total. The number of hydrogen-bond donors (Lipinski definition) is 1. The predicted octanol–water partition coefficient (Wildman–Crippen LogP) is 3.77. The average Bonchev–Trinajstić information content (AvgIpc) is 2.43. The molecule has 0 aromatic heterocycles. The van der Waals surface area contributed by atoms with E-state index in [0.717, 1.165) is 12.2 Å². The minimum atomic E-state index is 0.0201. The molecule has 2 rings (SSSR count). The number of rotatable bonds is 5. The van der Waals surface area contributed by atoms with E-state index in [2.05, 4.69) is 32.0 Å². The summed E-state index contributed by atoms with van der Waals surface area (Å²) in [6, 6.07) is 16.4. The molecule has 0 fully saturated rings. The van der Waals surface area contributed by atoms with Gasteiger partial charge in [0.2, 0.25) is 0 Å². The van der Waals surface area contributed by atoms with Crippen LogP contribution in [0.25, 0.3) is 0 Å². The Kier molecular flexibility index (Phi) is 4.58. The monoisotopic (exact) mass is 255 g/mol. The lowest BCUT2D eigenvalue weighted by molar-refractivity contribution is 0.197. The van der Waals surface area contributed by atoms with Crippen LogP contribution in [0.1, 0.15) is 29.2 Å². The Bertz CT molecular complexity index is 522. The second kappa shape index (κ2) is 6.39. The molecule has 0 aliphatic carbocycles. The molecule has 0 heterocycles. The normalized spacial score (nSPS) is 12.2. The van der Waals surface area contributed by atoms with Gasteiger partial charge in [0, 0.05) is 6.42 Å². The van der Waals surface area contributed by atoms with Crippen LogP contribution in [0.4, 0.5) is 0 Å². The molecule has 0 saturated heterocycles. The zero-order chi connectivity index (χ0) is 13.7. The molecule has 0 aliphatic heterocycles. The van der Waals surface area contributed by atoms with Crippen molar-refractivity contribution in [3.05, 3.63) is 65.2 Å². The van der Waals surface area contributed by atoms with E-state index in [1.54, 1.807) is 0 Å². The van der Waals surface area contributed by atoms with Crippen LogP contribution in [-0.4, -0.2) is 6.54 Å². The molecule has 1 unspecified atom stereocenters. The van der Waals surface area contributed by atoms with Gasteiger partial charge in [-0.3, -0.25) is 0 Å². The van der Waals surface area contributed by atoms with E-state index < -0.39 is 0 Å². The van der Waals surface area contributed by atoms with Gasteiger partial charge in [0.15, 0.2) is 0 Å². The summed E-state index contributed by atoms with van der Waals surface area (Å²) in [5, 5.41) is 0. The number of nitrogens with two attached hydrogens (primary N) is 1. The summed E-state index contributed by atoms with van der Waals surface area (Å²) in [7, 11) is 0. The smallest absolute Gasteiger partial charge is 0.125 e. The van der Waals surface area contributed by atoms with Crippen LogP contribution >= 0.6 is 0 Å². The first kappa shape index (κ1) is 13.6. The molecule has 0 spiro atoms. The third kappa shape index (κ3) is 3.58. The summed E-state index contributed by atoms with van der Waals surface area (Å²) in [5.74, 6) is 0.888. The Hall–Kier alpha value is -1.80. The lowest BCUT2D eigenvalue weighted by atomic mass is 10.0. The fourth-order valence-corrected chi connectivity index (χ4v) is 2.07. The number of para-hydroxylation sites is 1. The van der Waals surface area contributed by atoms with Gasteiger partial charge in [-0.1, -0.05) is 36.4 Å². The Balaban J connectivity index is 2.21. The lowest BCUT2D eigenvalue weighted by Gasteiger charge is -2.20. The maximum absolute atomic E-state index is 6.06. The van der Waals surface area contributed by atoms with E-state index in [1.807, 2.05) is 30.3 Å². The molecule has 0 radical (unpaired) electrons. The van der Waals surface area contributed by atoms with E-state index in [4.69, 9.17) is 10.5 Å². The average molecular weight is 255 g/mol. The van der Waals surface area contributed by atoms with Gasteiger partial charge in [0.1, 0.15) is 11.9 Å². The van der Waals surface area contributed by atoms with Crippen molar-refractivity contribution in [2.24, 2.45) is 5.73 Å². The van der Waals surface area contributed by atoms with Gasteiger partial charge in [0.25, 0.3) is 0 Å². The summed E-state index contributed by atoms with van der Waals surface area (Å²) in [4.78, 5) is 0. The van der Waals surface area contributed by atoms with E-state index in [-0.39, 0.29) is 6.10 Å². The Morgan fingerprint density at radius 2 is 1.74 bits per heavy atom. The summed E-state index contributed by atoms with van der Waals surface area (Å²) >= 11 is 0. The fraction of sp³-hybridized carbons (Fsp3) is 0.294. The first-order chi connectivity index (χ1) is 9.20. The van der Waals surface area contributed by atoms with Crippen molar-refractivity contribution in [1.29, 1.82) is 0 Å². The van der Waals surface area contributed by atoms with Crippen LogP contribution in [0.5, 0.6) is 5.75 Å². The molecule has 0 aliphatic rings. The van der Waals surface area contributed by atoms with Crippen molar-refractivity contribution in [2.75, 3.05) is 6.54 Å². The third-order valence-electron chi connectivity index (χ3n) is 3.35. The standard InChI is InChI=1S/C17H21NO/c1-13-8-9-15(12-14(13)2)17(10-11-18)19-16-6-4-3-5-7-16/h3-9,12,17H,10-11,18H2,1-2H3. The zero-order valence-corrected chi connectivity index (χ0v) is 11.6. The molecule has 2 aromatic rings. The summed E-state index contributed by atoms with van der Waals surface area (Å²) in [6.45, 7) is 4.86. The SMILES string of the molecule is Cc1ccc(C(CCN)Oc2ccccc2)cc1C. The van der Waals surface area contributed by atoms with Crippen molar-refractivity contribution in [3.63, 3.8) is 0 Å². The molecule has 2 N–H and O–H groups in total. The molecule has 2 heteroatoms. The van der Waals surface area contributed by atoms with Gasteiger partial charge in [-0.2, -0.15) is 0 Å². The van der Waals surface area contributed by atoms with E-state index in [1.165, 1.54) is 16.7 Å². The number of ether oxygens (including phenoxy) is 1. The van der Waals surface area contributed by atoms with Crippen LogP contribution in [0.15, 0.2) is 48.5 Å². The van der Waals surface area contributed by atoms with Crippen molar-refractivity contribution in [1.82, 2.24) is 0 Å². The summed E-state index contributed by atoms with van der Waals surface area (Å²) in [5.41, 5.74) is 9.49. The third-order valence-corrected chi connectivity index (χ3v) is 3.35. The highest BCUT2D eigenvalue weighted by Crippen LogP contribution is 2.25. The van der Waals surface area contributed by atoms with Gasteiger partial charge in [-0.25, -0.2) is 0 Å². The van der Waals surface area contributed by atoms with Gasteiger partial charge in [-0.15, -0.1) is 0 Å². The second-order valence-electron chi connectivity index (χ2n) is 4.84. The van der Waals surface area contributed by atoms with Crippen molar-refractivity contribution >= 4 is 0 Å². The molecule has 1 atom stereocenters. The number of hydrogen-bond acceptors (Lipinski definition) is 2. The molecule has 0 saturated carbocycles. The van der Waals surface area contributed by atoms with Crippen LogP contribution in [-0.2, 0) is 0 Å². The molecular weight excluding hydrogens is 234 g/mol. The van der Waals surface area contributed by atoms with Crippen LogP contribution in [0.2, 0.25) is 0 Å². The summed E-state index contributed by atoms with van der Waals surface area (Å²) < 4.78 is 6.06. The maximum atomic E-state index is 6.06. The minimum Gasteiger partial charge on any atom is -0.486 e. The largest absolute Gasteiger partial charge is 0.486 e. The first-order valence-electron chi connectivity index (χ1n) is 6.69. The highest BCUT2D eigenvalue weighted by molar-refractivity contribution is 5.32. The lowest BCUT2D eigenvalue weighted by Crippen LogP contribution is -2.13.